The predicted octanol–water partition coefficient (Wildman–Crippen LogP) is 7.00. The summed E-state index contributed by atoms with van der Waals surface area (Å²) in [5.41, 5.74) is 5.11. The SMILES string of the molecule is Cc1cc(-n2ccc3ccccc32)nc(C(C)(C)c2cccc(-n3ccc4ccccc43)n2)c1. The quantitative estimate of drug-likeness (QED) is 0.295. The fourth-order valence-electron chi connectivity index (χ4n) is 4.69. The van der Waals surface area contributed by atoms with E-state index < -0.39 is 0 Å². The second-order valence-corrected chi connectivity index (χ2v) is 9.38. The van der Waals surface area contributed by atoms with Crippen LogP contribution in [0.3, 0.4) is 0 Å². The number of hydrogen-bond acceptors (Lipinski definition) is 2. The van der Waals surface area contributed by atoms with Gasteiger partial charge in [-0.1, -0.05) is 42.5 Å². The molecule has 34 heavy (non-hydrogen) atoms. The standard InChI is InChI=1S/C30H26N4/c1-21-19-27(32-29(20-21)34-18-16-23-10-5-7-12-25(23)34)30(2,3)26-13-8-14-28(31-26)33-17-15-22-9-4-6-11-24(22)33/h4-20H,1-3H3. The van der Waals surface area contributed by atoms with Crippen LogP contribution in [0.15, 0.2) is 103 Å². The molecule has 0 atom stereocenters. The van der Waals surface area contributed by atoms with E-state index in [1.807, 2.05) is 0 Å². The van der Waals surface area contributed by atoms with E-state index in [2.05, 4.69) is 133 Å². The number of benzene rings is 2. The molecule has 6 rings (SSSR count). The van der Waals surface area contributed by atoms with Crippen LogP contribution >= 0.6 is 0 Å². The zero-order chi connectivity index (χ0) is 23.3. The van der Waals surface area contributed by atoms with Gasteiger partial charge in [0.2, 0.25) is 0 Å². The van der Waals surface area contributed by atoms with E-state index in [4.69, 9.17) is 9.97 Å². The van der Waals surface area contributed by atoms with Crippen LogP contribution in [0.5, 0.6) is 0 Å². The molecule has 0 saturated heterocycles. The molecule has 0 amide bonds. The molecule has 4 nitrogen and oxygen atoms in total. The van der Waals surface area contributed by atoms with Gasteiger partial charge >= 0.3 is 0 Å². The average molecular weight is 443 g/mol. The average Bonchev–Trinajstić information content (AvgIpc) is 3.48. The van der Waals surface area contributed by atoms with Crippen molar-refractivity contribution in [2.45, 2.75) is 26.2 Å². The Morgan fingerprint density at radius 3 is 1.85 bits per heavy atom. The third-order valence-corrected chi connectivity index (χ3v) is 6.66. The molecule has 4 aromatic heterocycles. The summed E-state index contributed by atoms with van der Waals surface area (Å²) in [6.07, 6.45) is 4.18. The first-order valence-corrected chi connectivity index (χ1v) is 11.6. The smallest absolute Gasteiger partial charge is 0.137 e. The van der Waals surface area contributed by atoms with Crippen molar-refractivity contribution in [3.05, 3.63) is 120 Å². The van der Waals surface area contributed by atoms with Gasteiger partial charge in [0.05, 0.1) is 22.4 Å². The van der Waals surface area contributed by atoms with E-state index in [-0.39, 0.29) is 5.41 Å². The molecule has 0 aliphatic rings. The summed E-state index contributed by atoms with van der Waals surface area (Å²) in [4.78, 5) is 10.2. The van der Waals surface area contributed by atoms with Crippen molar-refractivity contribution in [3.8, 4) is 11.6 Å². The highest BCUT2D eigenvalue weighted by Crippen LogP contribution is 2.32. The van der Waals surface area contributed by atoms with Crippen molar-refractivity contribution < 1.29 is 0 Å². The van der Waals surface area contributed by atoms with Crippen LogP contribution in [-0.2, 0) is 5.41 Å². The number of para-hydroxylation sites is 2. The monoisotopic (exact) mass is 442 g/mol. The normalized spacial score (nSPS) is 12.0. The van der Waals surface area contributed by atoms with Crippen molar-refractivity contribution in [1.82, 2.24) is 19.1 Å². The number of hydrogen-bond donors (Lipinski definition) is 0. The van der Waals surface area contributed by atoms with Crippen molar-refractivity contribution in [2.75, 3.05) is 0 Å². The molecule has 0 aliphatic carbocycles. The molecule has 0 spiro atoms. The predicted molar refractivity (Wildman–Crippen MR) is 139 cm³/mol. The minimum absolute atomic E-state index is 0.372. The largest absolute Gasteiger partial charge is 0.301 e. The summed E-state index contributed by atoms with van der Waals surface area (Å²) in [7, 11) is 0. The van der Waals surface area contributed by atoms with Crippen LogP contribution < -0.4 is 0 Å². The van der Waals surface area contributed by atoms with Crippen LogP contribution in [0.4, 0.5) is 0 Å². The van der Waals surface area contributed by atoms with Gasteiger partial charge in [-0.25, -0.2) is 9.97 Å². The first-order valence-electron chi connectivity index (χ1n) is 11.6. The molecule has 0 unspecified atom stereocenters. The topological polar surface area (TPSA) is 35.6 Å². The maximum Gasteiger partial charge on any atom is 0.137 e. The molecule has 0 saturated carbocycles. The van der Waals surface area contributed by atoms with Crippen LogP contribution in [0.2, 0.25) is 0 Å². The number of aryl methyl sites for hydroxylation is 1. The molecule has 0 N–H and O–H groups in total. The molecular weight excluding hydrogens is 416 g/mol. The zero-order valence-electron chi connectivity index (χ0n) is 19.6. The molecule has 0 aliphatic heterocycles. The highest BCUT2D eigenvalue weighted by molar-refractivity contribution is 5.82. The molecule has 0 fully saturated rings. The summed E-state index contributed by atoms with van der Waals surface area (Å²) >= 11 is 0. The van der Waals surface area contributed by atoms with Crippen molar-refractivity contribution in [2.24, 2.45) is 0 Å². The van der Waals surface area contributed by atoms with Crippen LogP contribution in [-0.4, -0.2) is 19.1 Å². The molecule has 4 heteroatoms. The van der Waals surface area contributed by atoms with Gasteiger partial charge in [-0.3, -0.25) is 0 Å². The number of nitrogens with zero attached hydrogens (tertiary/aromatic N) is 4. The maximum atomic E-state index is 5.13. The molecule has 2 aromatic carbocycles. The number of rotatable bonds is 4. The van der Waals surface area contributed by atoms with Gasteiger partial charge in [-0.15, -0.1) is 0 Å². The van der Waals surface area contributed by atoms with Gasteiger partial charge in [0.25, 0.3) is 0 Å². The van der Waals surface area contributed by atoms with E-state index in [0.717, 1.165) is 34.1 Å². The van der Waals surface area contributed by atoms with E-state index >= 15 is 0 Å². The fraction of sp³-hybridized carbons (Fsp3) is 0.133. The maximum absolute atomic E-state index is 5.13. The molecule has 0 radical (unpaired) electrons. The summed E-state index contributed by atoms with van der Waals surface area (Å²) in [5, 5.41) is 2.41. The van der Waals surface area contributed by atoms with E-state index in [1.165, 1.54) is 16.3 Å². The molecular formula is C30H26N4. The molecule has 166 valence electrons. The van der Waals surface area contributed by atoms with E-state index in [0.29, 0.717) is 0 Å². The Hall–Kier alpha value is -4.18. The lowest BCUT2D eigenvalue weighted by atomic mass is 9.84. The Balaban J connectivity index is 1.45. The summed E-state index contributed by atoms with van der Waals surface area (Å²) in [6.45, 7) is 6.53. The van der Waals surface area contributed by atoms with Crippen LogP contribution in [0.1, 0.15) is 30.8 Å². The van der Waals surface area contributed by atoms with Gasteiger partial charge in [0, 0.05) is 17.8 Å². The van der Waals surface area contributed by atoms with Gasteiger partial charge in [0.1, 0.15) is 11.6 Å². The molecule has 6 aromatic rings. The number of fused-ring (bicyclic) bond motifs is 2. The third kappa shape index (κ3) is 3.30. The summed E-state index contributed by atoms with van der Waals surface area (Å²) in [6, 6.07) is 31.6. The molecule has 4 heterocycles. The first-order chi connectivity index (χ1) is 16.5. The zero-order valence-corrected chi connectivity index (χ0v) is 19.6. The lowest BCUT2D eigenvalue weighted by molar-refractivity contribution is 0.591. The minimum atomic E-state index is -0.372. The Morgan fingerprint density at radius 1 is 0.588 bits per heavy atom. The molecule has 0 bridgehead atoms. The second kappa shape index (κ2) is 7.70. The highest BCUT2D eigenvalue weighted by atomic mass is 15.1. The third-order valence-electron chi connectivity index (χ3n) is 6.66. The van der Waals surface area contributed by atoms with Gasteiger partial charge in [0.15, 0.2) is 0 Å². The summed E-state index contributed by atoms with van der Waals surface area (Å²) < 4.78 is 4.31. The Morgan fingerprint density at radius 2 is 1.18 bits per heavy atom. The second-order valence-electron chi connectivity index (χ2n) is 9.38. The lowest BCUT2D eigenvalue weighted by Gasteiger charge is -2.25. The van der Waals surface area contributed by atoms with E-state index in [1.54, 1.807) is 0 Å². The van der Waals surface area contributed by atoms with Crippen molar-refractivity contribution in [3.63, 3.8) is 0 Å². The Kier molecular flexibility index (Phi) is 4.63. The van der Waals surface area contributed by atoms with Crippen molar-refractivity contribution >= 4 is 21.8 Å². The Labute approximate surface area is 199 Å². The van der Waals surface area contributed by atoms with Crippen molar-refractivity contribution in [1.29, 1.82) is 0 Å². The van der Waals surface area contributed by atoms with Gasteiger partial charge < -0.3 is 9.13 Å². The van der Waals surface area contributed by atoms with Crippen LogP contribution in [0, 0.1) is 6.92 Å². The van der Waals surface area contributed by atoms with Gasteiger partial charge in [-0.2, -0.15) is 0 Å². The number of aromatic nitrogens is 4. The number of pyridine rings is 2. The van der Waals surface area contributed by atoms with E-state index in [9.17, 15) is 0 Å². The van der Waals surface area contributed by atoms with Crippen LogP contribution in [0.25, 0.3) is 33.4 Å². The Bertz CT molecular complexity index is 1650. The van der Waals surface area contributed by atoms with Gasteiger partial charge in [-0.05, 0) is 85.6 Å². The first kappa shape index (κ1) is 20.4. The fourth-order valence-corrected chi connectivity index (χ4v) is 4.69. The minimum Gasteiger partial charge on any atom is -0.301 e. The lowest BCUT2D eigenvalue weighted by Crippen LogP contribution is -2.23. The highest BCUT2D eigenvalue weighted by Gasteiger charge is 2.28. The summed E-state index contributed by atoms with van der Waals surface area (Å²) in [5.74, 6) is 1.84.